The van der Waals surface area contributed by atoms with Gasteiger partial charge in [0, 0.05) is 33.2 Å². The molecule has 2 aromatic rings. The highest BCUT2D eigenvalue weighted by Gasteiger charge is 2.28. The molecule has 1 unspecified atom stereocenters. The lowest BCUT2D eigenvalue weighted by Gasteiger charge is -2.37. The van der Waals surface area contributed by atoms with Crippen LogP contribution in [0.4, 0.5) is 22.1 Å². The van der Waals surface area contributed by atoms with Crippen LogP contribution in [-0.4, -0.2) is 71.9 Å². The highest BCUT2D eigenvalue weighted by atomic mass is 16.6. The summed E-state index contributed by atoms with van der Waals surface area (Å²) in [5.74, 6) is 2.36. The zero-order chi connectivity index (χ0) is 24.0. The molecule has 1 saturated heterocycles. The van der Waals surface area contributed by atoms with E-state index in [0.29, 0.717) is 32.0 Å². The van der Waals surface area contributed by atoms with Crippen molar-refractivity contribution < 1.29 is 14.3 Å². The molecule has 180 valence electrons. The van der Waals surface area contributed by atoms with E-state index in [9.17, 15) is 4.79 Å². The van der Waals surface area contributed by atoms with Crippen LogP contribution in [0.25, 0.3) is 0 Å². The summed E-state index contributed by atoms with van der Waals surface area (Å²) in [5.41, 5.74) is 0.320. The van der Waals surface area contributed by atoms with Crippen molar-refractivity contribution in [3.63, 3.8) is 0 Å². The van der Waals surface area contributed by atoms with Gasteiger partial charge in [-0.3, -0.25) is 0 Å². The van der Waals surface area contributed by atoms with Crippen LogP contribution < -0.4 is 20.3 Å². The van der Waals surface area contributed by atoms with Crippen molar-refractivity contribution in [1.82, 2.24) is 14.9 Å². The van der Waals surface area contributed by atoms with Gasteiger partial charge in [-0.25, -0.2) is 14.8 Å². The van der Waals surface area contributed by atoms with Crippen molar-refractivity contribution in [3.8, 4) is 5.75 Å². The number of hydrogen-bond acceptors (Lipinski definition) is 8. The standard InChI is InChI=1S/C24H36N6O3/c1-17(18(2)32-19-10-8-7-9-11-19)28-21-20(25-6)22(27-16-26-21)29-12-14-30(15-13-29)23(31)33-24(3,4)5/h7-11,16-18,25H,12-15H2,1-6H3,(H,26,27,28)/t17-,18?/m0/s1. The van der Waals surface area contributed by atoms with E-state index in [1.807, 2.05) is 65.1 Å². The average molecular weight is 457 g/mol. The van der Waals surface area contributed by atoms with Crippen molar-refractivity contribution in [1.29, 1.82) is 0 Å². The van der Waals surface area contributed by atoms with E-state index in [1.165, 1.54) is 0 Å². The van der Waals surface area contributed by atoms with Crippen LogP contribution >= 0.6 is 0 Å². The van der Waals surface area contributed by atoms with E-state index in [4.69, 9.17) is 9.47 Å². The lowest BCUT2D eigenvalue weighted by atomic mass is 10.2. The van der Waals surface area contributed by atoms with Crippen LogP contribution in [0.3, 0.4) is 0 Å². The van der Waals surface area contributed by atoms with Gasteiger partial charge in [0.05, 0.1) is 6.04 Å². The third-order valence-corrected chi connectivity index (χ3v) is 5.44. The van der Waals surface area contributed by atoms with Gasteiger partial charge in [-0.1, -0.05) is 18.2 Å². The van der Waals surface area contributed by atoms with Gasteiger partial charge in [-0.15, -0.1) is 0 Å². The molecule has 2 atom stereocenters. The summed E-state index contributed by atoms with van der Waals surface area (Å²) in [7, 11) is 1.86. The number of nitrogens with one attached hydrogen (secondary N) is 2. The van der Waals surface area contributed by atoms with Crippen molar-refractivity contribution in [2.24, 2.45) is 0 Å². The maximum atomic E-state index is 12.4. The highest BCUT2D eigenvalue weighted by Crippen LogP contribution is 2.31. The van der Waals surface area contributed by atoms with Crippen LogP contribution in [0.5, 0.6) is 5.75 Å². The second kappa shape index (κ2) is 10.6. The predicted molar refractivity (Wildman–Crippen MR) is 131 cm³/mol. The fourth-order valence-corrected chi connectivity index (χ4v) is 3.53. The molecule has 2 heterocycles. The largest absolute Gasteiger partial charge is 0.489 e. The fourth-order valence-electron chi connectivity index (χ4n) is 3.53. The summed E-state index contributed by atoms with van der Waals surface area (Å²) in [5, 5.41) is 6.71. The summed E-state index contributed by atoms with van der Waals surface area (Å²) in [6.07, 6.45) is 1.21. The molecule has 1 aliphatic rings. The summed E-state index contributed by atoms with van der Waals surface area (Å²) in [4.78, 5) is 25.3. The van der Waals surface area contributed by atoms with Crippen molar-refractivity contribution >= 4 is 23.4 Å². The molecule has 1 aromatic carbocycles. The Kier molecular flexibility index (Phi) is 7.84. The Morgan fingerprint density at radius 3 is 2.33 bits per heavy atom. The minimum Gasteiger partial charge on any atom is -0.489 e. The van der Waals surface area contributed by atoms with Gasteiger partial charge >= 0.3 is 6.09 Å². The lowest BCUT2D eigenvalue weighted by molar-refractivity contribution is 0.0240. The lowest BCUT2D eigenvalue weighted by Crippen LogP contribution is -2.50. The van der Waals surface area contributed by atoms with Gasteiger partial charge in [-0.2, -0.15) is 0 Å². The number of aromatic nitrogens is 2. The summed E-state index contributed by atoms with van der Waals surface area (Å²) in [6.45, 7) is 12.2. The SMILES string of the molecule is CNc1c(N[C@@H](C)C(C)Oc2ccccc2)ncnc1N1CCN(C(=O)OC(C)(C)C)CC1. The van der Waals surface area contributed by atoms with Gasteiger partial charge in [0.2, 0.25) is 0 Å². The molecule has 2 N–H and O–H groups in total. The second-order valence-corrected chi connectivity index (χ2v) is 9.19. The maximum Gasteiger partial charge on any atom is 0.410 e. The van der Waals surface area contributed by atoms with Crippen LogP contribution in [0.15, 0.2) is 36.7 Å². The number of amides is 1. The molecule has 1 aromatic heterocycles. The molecule has 0 spiro atoms. The molecule has 1 aliphatic heterocycles. The Labute approximate surface area is 196 Å². The molecule has 9 heteroatoms. The van der Waals surface area contributed by atoms with E-state index in [-0.39, 0.29) is 18.2 Å². The van der Waals surface area contributed by atoms with Crippen molar-refractivity contribution in [3.05, 3.63) is 36.7 Å². The number of hydrogen-bond donors (Lipinski definition) is 2. The van der Waals surface area contributed by atoms with Gasteiger partial charge in [0.25, 0.3) is 0 Å². The smallest absolute Gasteiger partial charge is 0.410 e. The van der Waals surface area contributed by atoms with E-state index in [1.54, 1.807) is 11.2 Å². The molecule has 33 heavy (non-hydrogen) atoms. The molecule has 9 nitrogen and oxygen atoms in total. The van der Waals surface area contributed by atoms with Crippen molar-refractivity contribution in [2.45, 2.75) is 52.4 Å². The normalized spacial score (nSPS) is 16.1. The number of piperazine rings is 1. The molecule has 0 radical (unpaired) electrons. The molecule has 3 rings (SSSR count). The maximum absolute atomic E-state index is 12.4. The monoisotopic (exact) mass is 456 g/mol. The number of carbonyl (C=O) groups excluding carboxylic acids is 1. The Balaban J connectivity index is 1.65. The Morgan fingerprint density at radius 1 is 1.06 bits per heavy atom. The number of ether oxygens (including phenoxy) is 2. The van der Waals surface area contributed by atoms with Gasteiger partial charge < -0.3 is 29.9 Å². The first-order valence-corrected chi connectivity index (χ1v) is 11.4. The predicted octanol–water partition coefficient (Wildman–Crippen LogP) is 3.84. The number of benzene rings is 1. The third-order valence-electron chi connectivity index (χ3n) is 5.44. The minimum absolute atomic E-state index is 0.00377. The highest BCUT2D eigenvalue weighted by molar-refractivity contribution is 5.78. The molecular formula is C24H36N6O3. The quantitative estimate of drug-likeness (QED) is 0.649. The van der Waals surface area contributed by atoms with E-state index in [2.05, 4.69) is 32.4 Å². The molecule has 1 amide bonds. The van der Waals surface area contributed by atoms with Crippen LogP contribution in [0.2, 0.25) is 0 Å². The van der Waals surface area contributed by atoms with E-state index >= 15 is 0 Å². The topological polar surface area (TPSA) is 91.9 Å². The van der Waals surface area contributed by atoms with Gasteiger partial charge in [-0.05, 0) is 46.8 Å². The molecule has 0 saturated carbocycles. The van der Waals surface area contributed by atoms with Crippen LogP contribution in [0.1, 0.15) is 34.6 Å². The Hall–Kier alpha value is -3.23. The molecule has 0 aliphatic carbocycles. The molecular weight excluding hydrogens is 420 g/mol. The van der Waals surface area contributed by atoms with E-state index < -0.39 is 5.60 Å². The third kappa shape index (κ3) is 6.63. The van der Waals surface area contributed by atoms with Gasteiger partial charge in [0.15, 0.2) is 11.6 Å². The van der Waals surface area contributed by atoms with Crippen molar-refractivity contribution in [2.75, 3.05) is 48.8 Å². The summed E-state index contributed by atoms with van der Waals surface area (Å²) < 4.78 is 11.6. The number of rotatable bonds is 7. The Bertz CT molecular complexity index is 910. The first kappa shape index (κ1) is 24.4. The molecule has 0 bridgehead atoms. The van der Waals surface area contributed by atoms with Gasteiger partial charge in [0.1, 0.15) is 29.5 Å². The first-order valence-electron chi connectivity index (χ1n) is 11.4. The molecule has 1 fully saturated rings. The number of anilines is 3. The minimum atomic E-state index is -0.501. The Morgan fingerprint density at radius 2 is 1.73 bits per heavy atom. The number of para-hydroxylation sites is 1. The van der Waals surface area contributed by atoms with Crippen LogP contribution in [-0.2, 0) is 4.74 Å². The first-order chi connectivity index (χ1) is 15.7. The number of carbonyl (C=O) groups is 1. The van der Waals surface area contributed by atoms with Crippen LogP contribution in [0, 0.1) is 0 Å². The average Bonchev–Trinajstić information content (AvgIpc) is 2.78. The number of nitrogens with zero attached hydrogens (tertiary/aromatic N) is 4. The summed E-state index contributed by atoms with van der Waals surface area (Å²) in [6, 6.07) is 9.78. The second-order valence-electron chi connectivity index (χ2n) is 9.19. The van der Waals surface area contributed by atoms with E-state index in [0.717, 1.165) is 17.3 Å². The summed E-state index contributed by atoms with van der Waals surface area (Å²) >= 11 is 0. The zero-order valence-corrected chi connectivity index (χ0v) is 20.5. The zero-order valence-electron chi connectivity index (χ0n) is 20.5. The fraction of sp³-hybridized carbons (Fsp3) is 0.542.